The molecule has 4 nitrogen and oxygen atoms in total. The molecule has 1 aliphatic carbocycles. The summed E-state index contributed by atoms with van der Waals surface area (Å²) < 4.78 is 5.08. The summed E-state index contributed by atoms with van der Waals surface area (Å²) in [5.74, 6) is 0.614. The van der Waals surface area contributed by atoms with Gasteiger partial charge in [0.1, 0.15) is 5.75 Å². The molecule has 0 aromatic heterocycles. The second-order valence-electron chi connectivity index (χ2n) is 5.18. The van der Waals surface area contributed by atoms with Crippen molar-refractivity contribution in [2.75, 3.05) is 17.7 Å². The van der Waals surface area contributed by atoms with Crippen LogP contribution in [0.1, 0.15) is 23.2 Å². The largest absolute Gasteiger partial charge is 0.497 e. The van der Waals surface area contributed by atoms with E-state index in [-0.39, 0.29) is 5.91 Å². The van der Waals surface area contributed by atoms with Crippen molar-refractivity contribution in [1.29, 1.82) is 0 Å². The molecule has 2 aromatic rings. The summed E-state index contributed by atoms with van der Waals surface area (Å²) in [7, 11) is 1.60. The molecule has 2 aromatic carbocycles. The first-order valence-electron chi connectivity index (χ1n) is 7.06. The third-order valence-corrected chi connectivity index (χ3v) is 3.44. The number of hydrogen-bond acceptors (Lipinski definition) is 3. The molecule has 0 bridgehead atoms. The Morgan fingerprint density at radius 1 is 1.00 bits per heavy atom. The zero-order chi connectivity index (χ0) is 14.7. The van der Waals surface area contributed by atoms with Gasteiger partial charge in [-0.05, 0) is 61.4 Å². The third kappa shape index (κ3) is 3.54. The molecule has 0 unspecified atom stereocenters. The molecule has 1 fully saturated rings. The quantitative estimate of drug-likeness (QED) is 0.882. The van der Waals surface area contributed by atoms with Crippen molar-refractivity contribution in [3.63, 3.8) is 0 Å². The second kappa shape index (κ2) is 5.87. The number of carbonyl (C=O) groups excluding carboxylic acids is 1. The predicted octanol–water partition coefficient (Wildman–Crippen LogP) is 3.52. The molecule has 3 rings (SSSR count). The number of rotatable bonds is 5. The number of nitrogens with one attached hydrogen (secondary N) is 2. The second-order valence-corrected chi connectivity index (χ2v) is 5.18. The Labute approximate surface area is 124 Å². The molecular weight excluding hydrogens is 264 g/mol. The average Bonchev–Trinajstić information content (AvgIpc) is 3.33. The summed E-state index contributed by atoms with van der Waals surface area (Å²) in [5.41, 5.74) is 2.49. The van der Waals surface area contributed by atoms with Gasteiger partial charge in [0.25, 0.3) is 5.91 Å². The molecule has 0 atom stereocenters. The Morgan fingerprint density at radius 2 is 1.62 bits per heavy atom. The van der Waals surface area contributed by atoms with Crippen LogP contribution >= 0.6 is 0 Å². The minimum Gasteiger partial charge on any atom is -0.497 e. The van der Waals surface area contributed by atoms with E-state index in [1.807, 2.05) is 24.3 Å². The van der Waals surface area contributed by atoms with Crippen LogP contribution in [0.15, 0.2) is 48.5 Å². The molecule has 21 heavy (non-hydrogen) atoms. The molecule has 0 radical (unpaired) electrons. The molecule has 2 N–H and O–H groups in total. The highest BCUT2D eigenvalue weighted by Crippen LogP contribution is 2.25. The van der Waals surface area contributed by atoms with Crippen LogP contribution in [0.5, 0.6) is 5.75 Å². The van der Waals surface area contributed by atoms with E-state index >= 15 is 0 Å². The maximum Gasteiger partial charge on any atom is 0.255 e. The lowest BCUT2D eigenvalue weighted by Crippen LogP contribution is -2.11. The lowest BCUT2D eigenvalue weighted by Gasteiger charge is -2.08. The van der Waals surface area contributed by atoms with Crippen LogP contribution in [0.4, 0.5) is 11.4 Å². The lowest BCUT2D eigenvalue weighted by molar-refractivity contribution is 0.102. The predicted molar refractivity (Wildman–Crippen MR) is 84.0 cm³/mol. The van der Waals surface area contributed by atoms with Crippen molar-refractivity contribution < 1.29 is 9.53 Å². The van der Waals surface area contributed by atoms with E-state index in [4.69, 9.17) is 4.74 Å². The summed E-state index contributed by atoms with van der Waals surface area (Å²) in [5, 5.41) is 6.30. The Kier molecular flexibility index (Phi) is 3.77. The van der Waals surface area contributed by atoms with E-state index in [0.717, 1.165) is 17.1 Å². The van der Waals surface area contributed by atoms with Crippen molar-refractivity contribution in [1.82, 2.24) is 0 Å². The topological polar surface area (TPSA) is 50.4 Å². The van der Waals surface area contributed by atoms with Gasteiger partial charge >= 0.3 is 0 Å². The van der Waals surface area contributed by atoms with Crippen molar-refractivity contribution in [3.8, 4) is 5.75 Å². The van der Waals surface area contributed by atoms with Crippen LogP contribution < -0.4 is 15.4 Å². The first kappa shape index (κ1) is 13.5. The van der Waals surface area contributed by atoms with Crippen molar-refractivity contribution in [3.05, 3.63) is 54.1 Å². The van der Waals surface area contributed by atoms with E-state index in [1.54, 1.807) is 31.4 Å². The number of carbonyl (C=O) groups is 1. The van der Waals surface area contributed by atoms with E-state index in [9.17, 15) is 4.79 Å². The van der Waals surface area contributed by atoms with Crippen LogP contribution in [-0.2, 0) is 0 Å². The summed E-state index contributed by atoms with van der Waals surface area (Å²) >= 11 is 0. The standard InChI is InChI=1S/C17H18N2O2/c1-21-16-10-2-12(3-11-16)17(20)19-15-8-6-14(7-9-15)18-13-4-5-13/h2-3,6-11,13,18H,4-5H2,1H3,(H,19,20). The minimum absolute atomic E-state index is 0.124. The number of hydrogen-bond donors (Lipinski definition) is 2. The Morgan fingerprint density at radius 3 is 2.19 bits per heavy atom. The summed E-state index contributed by atoms with van der Waals surface area (Å²) in [6, 6.07) is 15.5. The van der Waals surface area contributed by atoms with Crippen LogP contribution in [0.3, 0.4) is 0 Å². The average molecular weight is 282 g/mol. The minimum atomic E-state index is -0.124. The highest BCUT2D eigenvalue weighted by molar-refractivity contribution is 6.04. The number of amides is 1. The molecule has 0 heterocycles. The molecule has 108 valence electrons. The first-order valence-corrected chi connectivity index (χ1v) is 7.06. The van der Waals surface area contributed by atoms with E-state index < -0.39 is 0 Å². The van der Waals surface area contributed by atoms with Crippen LogP contribution in [0.25, 0.3) is 0 Å². The fourth-order valence-electron chi connectivity index (χ4n) is 2.06. The van der Waals surface area contributed by atoms with Crippen molar-refractivity contribution >= 4 is 17.3 Å². The molecule has 1 amide bonds. The van der Waals surface area contributed by atoms with Gasteiger partial charge in [0.15, 0.2) is 0 Å². The normalized spacial score (nSPS) is 13.6. The van der Waals surface area contributed by atoms with Crippen molar-refractivity contribution in [2.45, 2.75) is 18.9 Å². The first-order chi connectivity index (χ1) is 10.2. The van der Waals surface area contributed by atoms with Crippen LogP contribution in [0, 0.1) is 0 Å². The fraction of sp³-hybridized carbons (Fsp3) is 0.235. The van der Waals surface area contributed by atoms with Gasteiger partial charge in [0.05, 0.1) is 7.11 Å². The van der Waals surface area contributed by atoms with Gasteiger partial charge in [-0.3, -0.25) is 4.79 Å². The number of benzene rings is 2. The number of methoxy groups -OCH3 is 1. The Balaban J connectivity index is 1.62. The molecule has 0 saturated heterocycles. The van der Waals surface area contributed by atoms with Crippen LogP contribution in [-0.4, -0.2) is 19.1 Å². The van der Waals surface area contributed by atoms with E-state index in [1.165, 1.54) is 12.8 Å². The number of anilines is 2. The summed E-state index contributed by atoms with van der Waals surface area (Å²) in [6.07, 6.45) is 2.49. The highest BCUT2D eigenvalue weighted by Gasteiger charge is 2.20. The van der Waals surface area contributed by atoms with Gasteiger partial charge in [0, 0.05) is 23.0 Å². The zero-order valence-corrected chi connectivity index (χ0v) is 11.9. The SMILES string of the molecule is COc1ccc(C(=O)Nc2ccc(NC3CC3)cc2)cc1. The highest BCUT2D eigenvalue weighted by atomic mass is 16.5. The fourth-order valence-corrected chi connectivity index (χ4v) is 2.06. The number of ether oxygens (including phenoxy) is 1. The molecule has 0 aliphatic heterocycles. The van der Waals surface area contributed by atoms with E-state index in [2.05, 4.69) is 10.6 Å². The van der Waals surface area contributed by atoms with E-state index in [0.29, 0.717) is 11.6 Å². The lowest BCUT2D eigenvalue weighted by atomic mass is 10.2. The van der Waals surface area contributed by atoms with Crippen LogP contribution in [0.2, 0.25) is 0 Å². The smallest absolute Gasteiger partial charge is 0.255 e. The summed E-state index contributed by atoms with van der Waals surface area (Å²) in [6.45, 7) is 0. The third-order valence-electron chi connectivity index (χ3n) is 3.44. The van der Waals surface area contributed by atoms with Gasteiger partial charge in [0.2, 0.25) is 0 Å². The maximum atomic E-state index is 12.1. The van der Waals surface area contributed by atoms with Gasteiger partial charge in [-0.1, -0.05) is 0 Å². The van der Waals surface area contributed by atoms with Gasteiger partial charge < -0.3 is 15.4 Å². The zero-order valence-electron chi connectivity index (χ0n) is 11.9. The molecule has 1 saturated carbocycles. The molecule has 0 spiro atoms. The Bertz CT molecular complexity index is 616. The van der Waals surface area contributed by atoms with Crippen molar-refractivity contribution in [2.24, 2.45) is 0 Å². The van der Waals surface area contributed by atoms with Gasteiger partial charge in [-0.15, -0.1) is 0 Å². The molecular formula is C17H18N2O2. The summed E-state index contributed by atoms with van der Waals surface area (Å²) in [4.78, 5) is 12.1. The maximum absolute atomic E-state index is 12.1. The molecule has 1 aliphatic rings. The monoisotopic (exact) mass is 282 g/mol. The van der Waals surface area contributed by atoms with Gasteiger partial charge in [-0.2, -0.15) is 0 Å². The molecule has 4 heteroatoms. The van der Waals surface area contributed by atoms with Gasteiger partial charge in [-0.25, -0.2) is 0 Å². The Hall–Kier alpha value is -2.49.